The maximum atomic E-state index is 9.15. The highest BCUT2D eigenvalue weighted by atomic mass is 16.3. The predicted molar refractivity (Wildman–Crippen MR) is 51.6 cm³/mol. The molecule has 1 atom stereocenters. The van der Waals surface area contributed by atoms with Gasteiger partial charge < -0.3 is 15.9 Å². The van der Waals surface area contributed by atoms with Gasteiger partial charge >= 0.3 is 0 Å². The molecule has 3 heteroatoms. The van der Waals surface area contributed by atoms with Gasteiger partial charge in [0.15, 0.2) is 0 Å². The van der Waals surface area contributed by atoms with Gasteiger partial charge in [-0.25, -0.2) is 0 Å². The summed E-state index contributed by atoms with van der Waals surface area (Å²) < 4.78 is 0. The molecule has 0 amide bonds. The Morgan fingerprint density at radius 3 is 2.69 bits per heavy atom. The molecule has 1 unspecified atom stereocenters. The van der Waals surface area contributed by atoms with Crippen molar-refractivity contribution in [1.29, 1.82) is 0 Å². The third-order valence-electron chi connectivity index (χ3n) is 2.04. The summed E-state index contributed by atoms with van der Waals surface area (Å²) >= 11 is 0. The Morgan fingerprint density at radius 1 is 1.46 bits per heavy atom. The second-order valence-corrected chi connectivity index (χ2v) is 3.26. The number of phenolic OH excluding ortho intramolecular Hbond substituents is 1. The van der Waals surface area contributed by atoms with E-state index in [1.54, 1.807) is 12.1 Å². The number of phenols is 1. The molecule has 0 fully saturated rings. The molecule has 0 saturated carbocycles. The Balaban J connectivity index is 2.77. The summed E-state index contributed by atoms with van der Waals surface area (Å²) in [5.74, 6) is 0.263. The van der Waals surface area contributed by atoms with E-state index in [0.717, 1.165) is 11.1 Å². The first-order valence-electron chi connectivity index (χ1n) is 4.28. The number of aromatic hydroxyl groups is 1. The topological polar surface area (TPSA) is 66.5 Å². The summed E-state index contributed by atoms with van der Waals surface area (Å²) in [4.78, 5) is 0. The number of hydrogen-bond donors (Lipinski definition) is 3. The minimum Gasteiger partial charge on any atom is -0.508 e. The van der Waals surface area contributed by atoms with Gasteiger partial charge in [0.25, 0.3) is 0 Å². The van der Waals surface area contributed by atoms with E-state index in [4.69, 9.17) is 15.9 Å². The van der Waals surface area contributed by atoms with Crippen molar-refractivity contribution in [2.24, 2.45) is 5.73 Å². The maximum absolute atomic E-state index is 9.15. The van der Waals surface area contributed by atoms with E-state index >= 15 is 0 Å². The quantitative estimate of drug-likeness (QED) is 0.638. The van der Waals surface area contributed by atoms with Crippen LogP contribution in [0.15, 0.2) is 18.2 Å². The minimum atomic E-state index is -0.219. The van der Waals surface area contributed by atoms with E-state index in [-0.39, 0.29) is 18.4 Å². The van der Waals surface area contributed by atoms with Crippen molar-refractivity contribution in [3.8, 4) is 5.75 Å². The van der Waals surface area contributed by atoms with Crippen molar-refractivity contribution >= 4 is 0 Å². The average Bonchev–Trinajstić information content (AvgIpc) is 2.09. The predicted octanol–water partition coefficient (Wildman–Crippen LogP) is 0.563. The van der Waals surface area contributed by atoms with E-state index in [1.807, 2.05) is 13.0 Å². The summed E-state index contributed by atoms with van der Waals surface area (Å²) in [5, 5.41) is 17.9. The first-order chi connectivity index (χ1) is 6.13. The summed E-state index contributed by atoms with van der Waals surface area (Å²) in [7, 11) is 0. The molecule has 0 aliphatic carbocycles. The van der Waals surface area contributed by atoms with Crippen LogP contribution in [0.25, 0.3) is 0 Å². The van der Waals surface area contributed by atoms with Crippen LogP contribution in [-0.2, 0) is 6.42 Å². The van der Waals surface area contributed by atoms with E-state index in [2.05, 4.69) is 0 Å². The van der Waals surface area contributed by atoms with Crippen LogP contribution in [0.3, 0.4) is 0 Å². The molecular weight excluding hydrogens is 166 g/mol. The van der Waals surface area contributed by atoms with Gasteiger partial charge in [0, 0.05) is 6.04 Å². The highest BCUT2D eigenvalue weighted by Gasteiger charge is 2.05. The second kappa shape index (κ2) is 4.25. The highest BCUT2D eigenvalue weighted by Crippen LogP contribution is 2.16. The Morgan fingerprint density at radius 2 is 2.15 bits per heavy atom. The van der Waals surface area contributed by atoms with Gasteiger partial charge in [0.1, 0.15) is 5.75 Å². The Bertz CT molecular complexity index is 286. The van der Waals surface area contributed by atoms with Gasteiger partial charge in [-0.1, -0.05) is 6.07 Å². The van der Waals surface area contributed by atoms with Gasteiger partial charge in [-0.2, -0.15) is 0 Å². The number of benzene rings is 1. The summed E-state index contributed by atoms with van der Waals surface area (Å²) in [6.07, 6.45) is 0.641. The molecule has 4 N–H and O–H groups in total. The van der Waals surface area contributed by atoms with Gasteiger partial charge in [-0.15, -0.1) is 0 Å². The van der Waals surface area contributed by atoms with Crippen LogP contribution in [0.4, 0.5) is 0 Å². The van der Waals surface area contributed by atoms with Crippen LogP contribution in [0.1, 0.15) is 11.1 Å². The molecule has 0 radical (unpaired) electrons. The standard InChI is InChI=1S/C10H15NO2/c1-7-4-10(13)3-2-8(7)5-9(11)6-12/h2-4,9,12-13H,5-6,11H2,1H3. The van der Waals surface area contributed by atoms with Crippen LogP contribution >= 0.6 is 0 Å². The first-order valence-corrected chi connectivity index (χ1v) is 4.28. The lowest BCUT2D eigenvalue weighted by molar-refractivity contribution is 0.265. The normalized spacial score (nSPS) is 12.8. The first kappa shape index (κ1) is 10.0. The third kappa shape index (κ3) is 2.72. The van der Waals surface area contributed by atoms with Crippen molar-refractivity contribution in [3.63, 3.8) is 0 Å². The largest absolute Gasteiger partial charge is 0.508 e. The van der Waals surface area contributed by atoms with Crippen LogP contribution in [-0.4, -0.2) is 22.9 Å². The maximum Gasteiger partial charge on any atom is 0.115 e. The zero-order valence-corrected chi connectivity index (χ0v) is 7.70. The summed E-state index contributed by atoms with van der Waals surface area (Å²) in [5.41, 5.74) is 7.67. The molecule has 3 nitrogen and oxygen atoms in total. The molecule has 0 saturated heterocycles. The SMILES string of the molecule is Cc1cc(O)ccc1CC(N)CO. The fourth-order valence-electron chi connectivity index (χ4n) is 1.26. The van der Waals surface area contributed by atoms with Crippen LogP contribution in [0.5, 0.6) is 5.75 Å². The Hall–Kier alpha value is -1.06. The molecule has 0 aromatic heterocycles. The molecule has 13 heavy (non-hydrogen) atoms. The van der Waals surface area contributed by atoms with Crippen molar-refractivity contribution in [3.05, 3.63) is 29.3 Å². The van der Waals surface area contributed by atoms with Crippen molar-refractivity contribution < 1.29 is 10.2 Å². The number of aliphatic hydroxyl groups excluding tert-OH is 1. The molecule has 0 heterocycles. The molecule has 1 aromatic carbocycles. The Kier molecular flexibility index (Phi) is 3.28. The molecule has 1 aromatic rings. The molecule has 0 aliphatic rings. The molecule has 0 aliphatic heterocycles. The van der Waals surface area contributed by atoms with Gasteiger partial charge in [-0.3, -0.25) is 0 Å². The number of hydrogen-bond acceptors (Lipinski definition) is 3. The fraction of sp³-hybridized carbons (Fsp3) is 0.400. The number of aryl methyl sites for hydroxylation is 1. The van der Waals surface area contributed by atoms with Crippen LogP contribution in [0, 0.1) is 6.92 Å². The fourth-order valence-corrected chi connectivity index (χ4v) is 1.26. The van der Waals surface area contributed by atoms with E-state index < -0.39 is 0 Å². The summed E-state index contributed by atoms with van der Waals surface area (Å²) in [6, 6.07) is 4.94. The number of rotatable bonds is 3. The van der Waals surface area contributed by atoms with Crippen LogP contribution < -0.4 is 5.73 Å². The molecule has 72 valence electrons. The Labute approximate surface area is 77.8 Å². The summed E-state index contributed by atoms with van der Waals surface area (Å²) in [6.45, 7) is 1.90. The van der Waals surface area contributed by atoms with Gasteiger partial charge in [0.2, 0.25) is 0 Å². The molecule has 1 rings (SSSR count). The van der Waals surface area contributed by atoms with Crippen molar-refractivity contribution in [1.82, 2.24) is 0 Å². The van der Waals surface area contributed by atoms with Crippen molar-refractivity contribution in [2.45, 2.75) is 19.4 Å². The third-order valence-corrected chi connectivity index (χ3v) is 2.04. The highest BCUT2D eigenvalue weighted by molar-refractivity contribution is 5.34. The lowest BCUT2D eigenvalue weighted by Gasteiger charge is -2.10. The van der Waals surface area contributed by atoms with E-state index in [9.17, 15) is 0 Å². The lowest BCUT2D eigenvalue weighted by atomic mass is 10.0. The van der Waals surface area contributed by atoms with Crippen LogP contribution in [0.2, 0.25) is 0 Å². The lowest BCUT2D eigenvalue weighted by Crippen LogP contribution is -2.27. The zero-order chi connectivity index (χ0) is 9.84. The number of nitrogens with two attached hydrogens (primary N) is 1. The monoisotopic (exact) mass is 181 g/mol. The van der Waals surface area contributed by atoms with E-state index in [0.29, 0.717) is 6.42 Å². The second-order valence-electron chi connectivity index (χ2n) is 3.26. The van der Waals surface area contributed by atoms with Gasteiger partial charge in [0.05, 0.1) is 6.61 Å². The average molecular weight is 181 g/mol. The van der Waals surface area contributed by atoms with E-state index in [1.165, 1.54) is 0 Å². The smallest absolute Gasteiger partial charge is 0.115 e. The van der Waals surface area contributed by atoms with Crippen molar-refractivity contribution in [2.75, 3.05) is 6.61 Å². The molecule has 0 bridgehead atoms. The molecule has 0 spiro atoms. The van der Waals surface area contributed by atoms with Gasteiger partial charge in [-0.05, 0) is 36.6 Å². The minimum absolute atomic E-state index is 0.0136. The molecular formula is C10H15NO2. The number of aliphatic hydroxyl groups is 1. The zero-order valence-electron chi connectivity index (χ0n) is 7.70.